The molecule has 2 amide bonds. The third-order valence-corrected chi connectivity index (χ3v) is 2.83. The molecular formula is C16H19N3O3. The van der Waals surface area contributed by atoms with Crippen LogP contribution in [0, 0.1) is 11.8 Å². The number of carbonyl (C=O) groups excluding carboxylic acids is 1. The lowest BCUT2D eigenvalue weighted by atomic mass is 9.97. The van der Waals surface area contributed by atoms with E-state index in [1.807, 2.05) is 20.8 Å². The number of hydrogen-bond acceptors (Lipinski definition) is 4. The molecule has 0 saturated heterocycles. The van der Waals surface area contributed by atoms with E-state index in [4.69, 9.17) is 9.52 Å². The number of aliphatic hydroxyl groups is 1. The maximum absolute atomic E-state index is 11.7. The Morgan fingerprint density at radius 3 is 2.82 bits per heavy atom. The van der Waals surface area contributed by atoms with Crippen molar-refractivity contribution in [2.45, 2.75) is 26.2 Å². The van der Waals surface area contributed by atoms with Gasteiger partial charge in [0.1, 0.15) is 12.1 Å². The summed E-state index contributed by atoms with van der Waals surface area (Å²) in [4.78, 5) is 16.1. The van der Waals surface area contributed by atoms with Gasteiger partial charge in [-0.2, -0.15) is 0 Å². The lowest BCUT2D eigenvalue weighted by molar-refractivity contribution is 0.253. The summed E-state index contributed by atoms with van der Waals surface area (Å²) in [6, 6.07) is 4.91. The Labute approximate surface area is 128 Å². The highest BCUT2D eigenvalue weighted by atomic mass is 16.3. The summed E-state index contributed by atoms with van der Waals surface area (Å²) in [5.74, 6) is 5.71. The van der Waals surface area contributed by atoms with Crippen molar-refractivity contribution < 1.29 is 14.3 Å². The Hall–Kier alpha value is -2.52. The van der Waals surface area contributed by atoms with E-state index in [9.17, 15) is 4.79 Å². The van der Waals surface area contributed by atoms with Gasteiger partial charge in [-0.05, 0) is 18.2 Å². The fourth-order valence-corrected chi connectivity index (χ4v) is 1.74. The SMILES string of the molecule is CC(C)(C)c1nc2cc(NC(=O)NCC#CCO)ccc2o1. The van der Waals surface area contributed by atoms with Crippen LogP contribution < -0.4 is 10.6 Å². The Bertz CT molecular complexity index is 732. The molecule has 0 radical (unpaired) electrons. The summed E-state index contributed by atoms with van der Waals surface area (Å²) in [6.45, 7) is 6.03. The predicted molar refractivity (Wildman–Crippen MR) is 84.6 cm³/mol. The molecule has 0 aliphatic rings. The van der Waals surface area contributed by atoms with Crippen molar-refractivity contribution in [3.8, 4) is 11.8 Å². The van der Waals surface area contributed by atoms with Crippen molar-refractivity contribution in [2.24, 2.45) is 0 Å². The summed E-state index contributed by atoms with van der Waals surface area (Å²) < 4.78 is 5.70. The number of aliphatic hydroxyl groups excluding tert-OH is 1. The summed E-state index contributed by atoms with van der Waals surface area (Å²) >= 11 is 0. The van der Waals surface area contributed by atoms with Gasteiger partial charge in [0.05, 0.1) is 6.54 Å². The van der Waals surface area contributed by atoms with E-state index in [1.54, 1.807) is 18.2 Å². The lowest BCUT2D eigenvalue weighted by Crippen LogP contribution is -2.28. The Morgan fingerprint density at radius 2 is 2.14 bits per heavy atom. The van der Waals surface area contributed by atoms with Crippen LogP contribution in [-0.4, -0.2) is 29.3 Å². The summed E-state index contributed by atoms with van der Waals surface area (Å²) in [7, 11) is 0. The molecule has 0 bridgehead atoms. The first kappa shape index (κ1) is 15.9. The molecule has 0 aliphatic carbocycles. The van der Waals surface area contributed by atoms with Gasteiger partial charge in [-0.3, -0.25) is 0 Å². The number of aromatic nitrogens is 1. The largest absolute Gasteiger partial charge is 0.440 e. The summed E-state index contributed by atoms with van der Waals surface area (Å²) in [5.41, 5.74) is 1.83. The molecule has 116 valence electrons. The van der Waals surface area contributed by atoms with Gasteiger partial charge in [0, 0.05) is 11.1 Å². The zero-order chi connectivity index (χ0) is 16.2. The second-order valence-corrected chi connectivity index (χ2v) is 5.77. The average Bonchev–Trinajstić information content (AvgIpc) is 2.87. The van der Waals surface area contributed by atoms with Gasteiger partial charge in [-0.15, -0.1) is 0 Å². The number of benzene rings is 1. The van der Waals surface area contributed by atoms with Crippen molar-refractivity contribution in [1.82, 2.24) is 10.3 Å². The maximum atomic E-state index is 11.7. The van der Waals surface area contributed by atoms with Gasteiger partial charge >= 0.3 is 6.03 Å². The minimum absolute atomic E-state index is 0.171. The lowest BCUT2D eigenvalue weighted by Gasteiger charge is -2.11. The van der Waals surface area contributed by atoms with Crippen molar-refractivity contribution >= 4 is 22.8 Å². The topological polar surface area (TPSA) is 87.4 Å². The number of hydrogen-bond donors (Lipinski definition) is 3. The van der Waals surface area contributed by atoms with Crippen LogP contribution in [0.4, 0.5) is 10.5 Å². The molecule has 0 spiro atoms. The van der Waals surface area contributed by atoms with Crippen LogP contribution in [0.5, 0.6) is 0 Å². The van der Waals surface area contributed by atoms with E-state index in [2.05, 4.69) is 27.5 Å². The number of oxazole rings is 1. The van der Waals surface area contributed by atoms with E-state index < -0.39 is 0 Å². The molecule has 22 heavy (non-hydrogen) atoms. The molecule has 3 N–H and O–H groups in total. The van der Waals surface area contributed by atoms with Crippen LogP contribution in [0.25, 0.3) is 11.1 Å². The highest BCUT2D eigenvalue weighted by Gasteiger charge is 2.20. The first-order valence-electron chi connectivity index (χ1n) is 6.92. The number of anilines is 1. The average molecular weight is 301 g/mol. The third-order valence-electron chi connectivity index (χ3n) is 2.83. The Morgan fingerprint density at radius 1 is 1.36 bits per heavy atom. The molecule has 6 nitrogen and oxygen atoms in total. The van der Waals surface area contributed by atoms with E-state index >= 15 is 0 Å². The van der Waals surface area contributed by atoms with Crippen LogP contribution in [0.2, 0.25) is 0 Å². The van der Waals surface area contributed by atoms with Gasteiger partial charge in [0.2, 0.25) is 5.89 Å². The van der Waals surface area contributed by atoms with Crippen molar-refractivity contribution in [2.75, 3.05) is 18.5 Å². The van der Waals surface area contributed by atoms with Crippen LogP contribution in [0.15, 0.2) is 22.6 Å². The third kappa shape index (κ3) is 3.99. The minimum atomic E-state index is -0.369. The number of amides is 2. The summed E-state index contributed by atoms with van der Waals surface area (Å²) in [5, 5.41) is 13.8. The number of rotatable bonds is 2. The van der Waals surface area contributed by atoms with E-state index in [0.717, 1.165) is 0 Å². The quantitative estimate of drug-likeness (QED) is 0.742. The second-order valence-electron chi connectivity index (χ2n) is 5.77. The highest BCUT2D eigenvalue weighted by Crippen LogP contribution is 2.27. The molecule has 0 fully saturated rings. The molecule has 2 rings (SSSR count). The van der Waals surface area contributed by atoms with E-state index in [0.29, 0.717) is 22.7 Å². The standard InChI is InChI=1S/C16H19N3O3/c1-16(2,3)14-19-12-10-11(6-7-13(12)22-14)18-15(21)17-8-4-5-9-20/h6-7,10,20H,8-9H2,1-3H3,(H2,17,18,21). The van der Waals surface area contributed by atoms with Crippen LogP contribution >= 0.6 is 0 Å². The summed E-state index contributed by atoms with van der Waals surface area (Å²) in [6.07, 6.45) is 0. The highest BCUT2D eigenvalue weighted by molar-refractivity contribution is 5.91. The van der Waals surface area contributed by atoms with Gasteiger partial charge in [-0.1, -0.05) is 32.6 Å². The molecule has 0 saturated carbocycles. The fraction of sp³-hybridized carbons (Fsp3) is 0.375. The van der Waals surface area contributed by atoms with Crippen LogP contribution in [0.1, 0.15) is 26.7 Å². The monoisotopic (exact) mass is 301 g/mol. The Kier molecular flexibility index (Phi) is 4.68. The maximum Gasteiger partial charge on any atom is 0.319 e. The van der Waals surface area contributed by atoms with Crippen molar-refractivity contribution in [3.05, 3.63) is 24.1 Å². The van der Waals surface area contributed by atoms with Crippen LogP contribution in [-0.2, 0) is 5.41 Å². The molecule has 0 unspecified atom stereocenters. The van der Waals surface area contributed by atoms with Gasteiger partial charge < -0.3 is 20.2 Å². The number of fused-ring (bicyclic) bond motifs is 1. The molecule has 2 aromatic rings. The normalized spacial score (nSPS) is 10.9. The van der Waals surface area contributed by atoms with Crippen LogP contribution in [0.3, 0.4) is 0 Å². The second kappa shape index (κ2) is 6.50. The number of nitrogens with one attached hydrogen (secondary N) is 2. The van der Waals surface area contributed by atoms with Gasteiger partial charge in [-0.25, -0.2) is 9.78 Å². The van der Waals surface area contributed by atoms with E-state index in [-0.39, 0.29) is 24.6 Å². The molecule has 1 aromatic heterocycles. The molecule has 0 aliphatic heterocycles. The Balaban J connectivity index is 2.08. The first-order valence-corrected chi connectivity index (χ1v) is 6.92. The van der Waals surface area contributed by atoms with Crippen molar-refractivity contribution in [1.29, 1.82) is 0 Å². The fourth-order valence-electron chi connectivity index (χ4n) is 1.74. The number of carbonyl (C=O) groups is 1. The van der Waals surface area contributed by atoms with Gasteiger partial charge in [0.15, 0.2) is 5.58 Å². The zero-order valence-electron chi connectivity index (χ0n) is 12.9. The smallest absolute Gasteiger partial charge is 0.319 e. The number of urea groups is 1. The minimum Gasteiger partial charge on any atom is -0.440 e. The number of nitrogens with zero attached hydrogens (tertiary/aromatic N) is 1. The molecule has 0 atom stereocenters. The van der Waals surface area contributed by atoms with Gasteiger partial charge in [0.25, 0.3) is 0 Å². The molecule has 1 heterocycles. The molecular weight excluding hydrogens is 282 g/mol. The predicted octanol–water partition coefficient (Wildman–Crippen LogP) is 2.24. The molecule has 6 heteroatoms. The first-order chi connectivity index (χ1) is 10.4. The van der Waals surface area contributed by atoms with Crippen molar-refractivity contribution in [3.63, 3.8) is 0 Å². The molecule has 1 aromatic carbocycles. The zero-order valence-corrected chi connectivity index (χ0v) is 12.9. The van der Waals surface area contributed by atoms with E-state index in [1.165, 1.54) is 0 Å².